The predicted molar refractivity (Wildman–Crippen MR) is 86.2 cm³/mol. The van der Waals surface area contributed by atoms with Crippen LogP contribution < -0.4 is 14.8 Å². The van der Waals surface area contributed by atoms with Crippen molar-refractivity contribution in [2.45, 2.75) is 19.9 Å². The Bertz CT molecular complexity index is 581. The Morgan fingerprint density at radius 1 is 1.05 bits per heavy atom. The number of nitrogens with one attached hydrogen (secondary N) is 1. The Labute approximate surface area is 126 Å². The zero-order chi connectivity index (χ0) is 15.2. The van der Waals surface area contributed by atoms with Crippen LogP contribution >= 0.6 is 0 Å². The number of aryl methyl sites for hydroxylation is 1. The van der Waals surface area contributed by atoms with Crippen molar-refractivity contribution in [3.05, 3.63) is 59.2 Å². The van der Waals surface area contributed by atoms with Crippen molar-refractivity contribution in [2.24, 2.45) is 0 Å². The maximum absolute atomic E-state index is 5.86. The fourth-order valence-corrected chi connectivity index (χ4v) is 2.38. The van der Waals surface area contributed by atoms with Gasteiger partial charge < -0.3 is 14.8 Å². The van der Waals surface area contributed by atoms with E-state index in [1.165, 1.54) is 11.1 Å². The van der Waals surface area contributed by atoms with Crippen LogP contribution in [0.1, 0.15) is 22.7 Å². The Morgan fingerprint density at radius 2 is 1.76 bits per heavy atom. The summed E-state index contributed by atoms with van der Waals surface area (Å²) in [5.74, 6) is 1.81. The summed E-state index contributed by atoms with van der Waals surface area (Å²) in [6, 6.07) is 14.2. The molecule has 0 aliphatic heterocycles. The summed E-state index contributed by atoms with van der Waals surface area (Å²) < 4.78 is 11.5. The van der Waals surface area contributed by atoms with Crippen molar-refractivity contribution in [3.8, 4) is 11.5 Å². The number of para-hydroxylation sites is 1. The lowest BCUT2D eigenvalue weighted by molar-refractivity contribution is 0.268. The van der Waals surface area contributed by atoms with Crippen molar-refractivity contribution in [3.63, 3.8) is 0 Å². The first-order valence-electron chi connectivity index (χ1n) is 7.16. The number of rotatable bonds is 6. The van der Waals surface area contributed by atoms with Crippen molar-refractivity contribution in [1.29, 1.82) is 0 Å². The molecule has 0 saturated heterocycles. The van der Waals surface area contributed by atoms with Crippen LogP contribution in [0.3, 0.4) is 0 Å². The fraction of sp³-hybridized carbons (Fsp3) is 0.333. The molecule has 0 radical (unpaired) electrons. The van der Waals surface area contributed by atoms with Crippen LogP contribution in [-0.4, -0.2) is 20.8 Å². The van der Waals surface area contributed by atoms with Gasteiger partial charge in [0.25, 0.3) is 0 Å². The summed E-state index contributed by atoms with van der Waals surface area (Å²) in [7, 11) is 3.66. The Morgan fingerprint density at radius 3 is 2.38 bits per heavy atom. The zero-order valence-electron chi connectivity index (χ0n) is 13.1. The second-order valence-corrected chi connectivity index (χ2v) is 5.10. The molecular weight excluding hydrogens is 262 g/mol. The first-order chi connectivity index (χ1) is 10.2. The van der Waals surface area contributed by atoms with E-state index in [1.807, 2.05) is 37.4 Å². The maximum Gasteiger partial charge on any atom is 0.126 e. The van der Waals surface area contributed by atoms with Crippen LogP contribution in [0.5, 0.6) is 11.5 Å². The van der Waals surface area contributed by atoms with Crippen molar-refractivity contribution < 1.29 is 9.47 Å². The van der Waals surface area contributed by atoms with Gasteiger partial charge in [-0.3, -0.25) is 0 Å². The fourth-order valence-electron chi connectivity index (χ4n) is 2.38. The predicted octanol–water partition coefficient (Wildman–Crippen LogP) is 3.65. The van der Waals surface area contributed by atoms with Crippen molar-refractivity contribution in [2.75, 3.05) is 20.8 Å². The first-order valence-corrected chi connectivity index (χ1v) is 7.16. The van der Waals surface area contributed by atoms with Gasteiger partial charge in [0.15, 0.2) is 0 Å². The summed E-state index contributed by atoms with van der Waals surface area (Å²) in [5, 5.41) is 3.30. The topological polar surface area (TPSA) is 30.5 Å². The monoisotopic (exact) mass is 285 g/mol. The van der Waals surface area contributed by atoms with Gasteiger partial charge in [0.2, 0.25) is 0 Å². The van der Waals surface area contributed by atoms with E-state index < -0.39 is 0 Å². The molecule has 112 valence electrons. The minimum Gasteiger partial charge on any atom is -0.496 e. The lowest BCUT2D eigenvalue weighted by Gasteiger charge is -2.22. The molecule has 0 heterocycles. The van der Waals surface area contributed by atoms with Gasteiger partial charge in [0.05, 0.1) is 13.2 Å². The third kappa shape index (κ3) is 3.56. The van der Waals surface area contributed by atoms with E-state index in [9.17, 15) is 0 Å². The molecule has 0 spiro atoms. The molecule has 1 N–H and O–H groups in total. The highest BCUT2D eigenvalue weighted by molar-refractivity contribution is 5.47. The van der Waals surface area contributed by atoms with Gasteiger partial charge >= 0.3 is 0 Å². The quantitative estimate of drug-likeness (QED) is 0.878. The molecule has 0 aliphatic rings. The molecule has 1 unspecified atom stereocenters. The number of ether oxygens (including phenoxy) is 2. The first kappa shape index (κ1) is 15.4. The molecule has 2 aromatic rings. The largest absolute Gasteiger partial charge is 0.496 e. The molecule has 21 heavy (non-hydrogen) atoms. The standard InChI is InChI=1S/C18H23NO2/c1-13-10-11-16(18(20-4)14(13)2)17(19-3)12-21-15-8-6-5-7-9-15/h5-11,17,19H,12H2,1-4H3. The average Bonchev–Trinajstić information content (AvgIpc) is 2.52. The van der Waals surface area contributed by atoms with Crippen LogP contribution in [0.2, 0.25) is 0 Å². The van der Waals surface area contributed by atoms with Gasteiger partial charge in [0, 0.05) is 5.56 Å². The van der Waals surface area contributed by atoms with E-state index in [0.717, 1.165) is 17.1 Å². The number of hydrogen-bond acceptors (Lipinski definition) is 3. The van der Waals surface area contributed by atoms with Gasteiger partial charge in [-0.25, -0.2) is 0 Å². The number of likely N-dealkylation sites (N-methyl/N-ethyl adjacent to an activating group) is 1. The van der Waals surface area contributed by atoms with Gasteiger partial charge in [-0.05, 0) is 44.2 Å². The van der Waals surface area contributed by atoms with E-state index in [0.29, 0.717) is 6.61 Å². The number of benzene rings is 2. The highest BCUT2D eigenvalue weighted by Gasteiger charge is 2.17. The van der Waals surface area contributed by atoms with Gasteiger partial charge in [0.1, 0.15) is 18.1 Å². The molecule has 0 fully saturated rings. The summed E-state index contributed by atoms with van der Waals surface area (Å²) in [6.45, 7) is 4.73. The minimum absolute atomic E-state index is 0.0828. The van der Waals surface area contributed by atoms with Crippen LogP contribution in [0.15, 0.2) is 42.5 Å². The number of hydrogen-bond donors (Lipinski definition) is 1. The summed E-state index contributed by atoms with van der Waals surface area (Å²) in [4.78, 5) is 0. The zero-order valence-corrected chi connectivity index (χ0v) is 13.1. The van der Waals surface area contributed by atoms with Gasteiger partial charge in [-0.1, -0.05) is 30.3 Å². The van der Waals surface area contributed by atoms with Crippen LogP contribution in [0.25, 0.3) is 0 Å². The molecule has 1 atom stereocenters. The molecule has 0 amide bonds. The van der Waals surface area contributed by atoms with Crippen LogP contribution in [0, 0.1) is 13.8 Å². The van der Waals surface area contributed by atoms with Crippen molar-refractivity contribution in [1.82, 2.24) is 5.32 Å². The molecule has 0 bridgehead atoms. The van der Waals surface area contributed by atoms with E-state index in [-0.39, 0.29) is 6.04 Å². The Balaban J connectivity index is 2.19. The molecule has 0 aliphatic carbocycles. The summed E-state index contributed by atoms with van der Waals surface area (Å²) >= 11 is 0. The normalized spacial score (nSPS) is 12.0. The molecule has 0 aromatic heterocycles. The van der Waals surface area contributed by atoms with E-state index in [4.69, 9.17) is 9.47 Å². The molecule has 3 heteroatoms. The number of methoxy groups -OCH3 is 1. The van der Waals surface area contributed by atoms with E-state index >= 15 is 0 Å². The second-order valence-electron chi connectivity index (χ2n) is 5.10. The molecule has 2 aromatic carbocycles. The third-order valence-corrected chi connectivity index (χ3v) is 3.80. The second kappa shape index (κ2) is 7.14. The Hall–Kier alpha value is -2.00. The van der Waals surface area contributed by atoms with Gasteiger partial charge in [-0.2, -0.15) is 0 Å². The van der Waals surface area contributed by atoms with Gasteiger partial charge in [-0.15, -0.1) is 0 Å². The highest BCUT2D eigenvalue weighted by Crippen LogP contribution is 2.31. The maximum atomic E-state index is 5.86. The molecule has 0 saturated carbocycles. The Kier molecular flexibility index (Phi) is 5.23. The molecule has 2 rings (SSSR count). The lowest BCUT2D eigenvalue weighted by atomic mass is 9.99. The van der Waals surface area contributed by atoms with Crippen LogP contribution in [0.4, 0.5) is 0 Å². The highest BCUT2D eigenvalue weighted by atomic mass is 16.5. The minimum atomic E-state index is 0.0828. The molecule has 3 nitrogen and oxygen atoms in total. The average molecular weight is 285 g/mol. The SMILES string of the molecule is CNC(COc1ccccc1)c1ccc(C)c(C)c1OC. The smallest absolute Gasteiger partial charge is 0.126 e. The third-order valence-electron chi connectivity index (χ3n) is 3.80. The van der Waals surface area contributed by atoms with E-state index in [1.54, 1.807) is 7.11 Å². The summed E-state index contributed by atoms with van der Waals surface area (Å²) in [6.07, 6.45) is 0. The lowest BCUT2D eigenvalue weighted by Crippen LogP contribution is -2.24. The molecular formula is C18H23NO2. The summed E-state index contributed by atoms with van der Waals surface area (Å²) in [5.41, 5.74) is 3.53. The van der Waals surface area contributed by atoms with Crippen LogP contribution in [-0.2, 0) is 0 Å². The van der Waals surface area contributed by atoms with E-state index in [2.05, 4.69) is 31.3 Å². The van der Waals surface area contributed by atoms with Crippen molar-refractivity contribution >= 4 is 0 Å².